The number of nitrogens with one attached hydrogen (secondary N) is 2. The van der Waals surface area contributed by atoms with E-state index in [-0.39, 0.29) is 23.9 Å². The van der Waals surface area contributed by atoms with E-state index < -0.39 is 0 Å². The molecule has 1 rings (SSSR count). The summed E-state index contributed by atoms with van der Waals surface area (Å²) in [6.07, 6.45) is 4.19. The number of piperidine rings is 1. The van der Waals surface area contributed by atoms with Crippen molar-refractivity contribution in [3.05, 3.63) is 0 Å². The molecule has 0 saturated carbocycles. The van der Waals surface area contributed by atoms with E-state index >= 15 is 0 Å². The summed E-state index contributed by atoms with van der Waals surface area (Å²) in [5.41, 5.74) is 0. The third-order valence-corrected chi connectivity index (χ3v) is 3.66. The summed E-state index contributed by atoms with van der Waals surface area (Å²) in [4.78, 5) is 26.0. The summed E-state index contributed by atoms with van der Waals surface area (Å²) in [5.74, 6) is 0.107. The standard InChI is InChI=1S/C14H27N3O2/c1-4-7-13(18)17-9-6-5-8-12(17)14(19)16-10-11(2)15-3/h11-12,15H,4-10H2,1-3H3,(H,16,19). The van der Waals surface area contributed by atoms with Crippen LogP contribution in [0.5, 0.6) is 0 Å². The lowest BCUT2D eigenvalue weighted by molar-refractivity contribution is -0.142. The highest BCUT2D eigenvalue weighted by molar-refractivity contribution is 5.87. The first kappa shape index (κ1) is 16.0. The van der Waals surface area contributed by atoms with Crippen LogP contribution in [0.2, 0.25) is 0 Å². The van der Waals surface area contributed by atoms with E-state index in [1.807, 2.05) is 20.9 Å². The molecular formula is C14H27N3O2. The van der Waals surface area contributed by atoms with Gasteiger partial charge >= 0.3 is 0 Å². The van der Waals surface area contributed by atoms with Crippen LogP contribution in [-0.2, 0) is 9.59 Å². The van der Waals surface area contributed by atoms with Crippen LogP contribution in [0.15, 0.2) is 0 Å². The minimum absolute atomic E-state index is 0.00810. The lowest BCUT2D eigenvalue weighted by atomic mass is 10.0. The highest BCUT2D eigenvalue weighted by Crippen LogP contribution is 2.18. The van der Waals surface area contributed by atoms with Gasteiger partial charge in [0.1, 0.15) is 6.04 Å². The Bertz CT molecular complexity index is 307. The lowest BCUT2D eigenvalue weighted by Gasteiger charge is -2.35. The Morgan fingerprint density at radius 2 is 2.11 bits per heavy atom. The number of carbonyl (C=O) groups excluding carboxylic acids is 2. The molecule has 0 spiro atoms. The minimum atomic E-state index is -0.267. The Hall–Kier alpha value is -1.10. The fraction of sp³-hybridized carbons (Fsp3) is 0.857. The molecule has 2 atom stereocenters. The average molecular weight is 269 g/mol. The molecule has 0 aromatic carbocycles. The van der Waals surface area contributed by atoms with Crippen molar-refractivity contribution >= 4 is 11.8 Å². The van der Waals surface area contributed by atoms with E-state index in [4.69, 9.17) is 0 Å². The highest BCUT2D eigenvalue weighted by Gasteiger charge is 2.31. The van der Waals surface area contributed by atoms with Crippen LogP contribution in [0.25, 0.3) is 0 Å². The van der Waals surface area contributed by atoms with Crippen molar-refractivity contribution in [1.29, 1.82) is 0 Å². The second-order valence-electron chi connectivity index (χ2n) is 5.28. The van der Waals surface area contributed by atoms with Gasteiger partial charge in [-0.15, -0.1) is 0 Å². The second kappa shape index (κ2) is 8.15. The predicted molar refractivity (Wildman–Crippen MR) is 75.8 cm³/mol. The predicted octanol–water partition coefficient (Wildman–Crippen LogP) is 0.892. The fourth-order valence-corrected chi connectivity index (χ4v) is 2.33. The average Bonchev–Trinajstić information content (AvgIpc) is 2.44. The SMILES string of the molecule is CCCC(=O)N1CCCCC1C(=O)NCC(C)NC. The van der Waals surface area contributed by atoms with Gasteiger partial charge in [-0.2, -0.15) is 0 Å². The van der Waals surface area contributed by atoms with E-state index in [0.29, 0.717) is 13.0 Å². The van der Waals surface area contributed by atoms with E-state index in [1.54, 1.807) is 4.90 Å². The topological polar surface area (TPSA) is 61.4 Å². The Labute approximate surface area is 116 Å². The molecule has 1 saturated heterocycles. The Morgan fingerprint density at radius 1 is 1.37 bits per heavy atom. The molecule has 0 radical (unpaired) electrons. The highest BCUT2D eigenvalue weighted by atomic mass is 16.2. The maximum absolute atomic E-state index is 12.2. The third kappa shape index (κ3) is 4.82. The molecule has 1 fully saturated rings. The van der Waals surface area contributed by atoms with Gasteiger partial charge < -0.3 is 15.5 Å². The molecule has 5 nitrogen and oxygen atoms in total. The molecule has 1 aliphatic heterocycles. The Balaban J connectivity index is 2.55. The minimum Gasteiger partial charge on any atom is -0.353 e. The van der Waals surface area contributed by atoms with Gasteiger partial charge in [0, 0.05) is 25.6 Å². The van der Waals surface area contributed by atoms with Crippen LogP contribution < -0.4 is 10.6 Å². The fourth-order valence-electron chi connectivity index (χ4n) is 2.33. The van der Waals surface area contributed by atoms with Gasteiger partial charge in [-0.3, -0.25) is 9.59 Å². The molecule has 1 aliphatic rings. The van der Waals surface area contributed by atoms with E-state index in [1.165, 1.54) is 0 Å². The van der Waals surface area contributed by atoms with E-state index in [0.717, 1.165) is 32.2 Å². The molecule has 5 heteroatoms. The number of hydrogen-bond acceptors (Lipinski definition) is 3. The maximum atomic E-state index is 12.2. The number of rotatable bonds is 6. The summed E-state index contributed by atoms with van der Waals surface area (Å²) in [7, 11) is 1.87. The second-order valence-corrected chi connectivity index (χ2v) is 5.28. The summed E-state index contributed by atoms with van der Waals surface area (Å²) in [6.45, 7) is 5.33. The first-order valence-electron chi connectivity index (χ1n) is 7.34. The number of likely N-dealkylation sites (tertiary alicyclic amines) is 1. The lowest BCUT2D eigenvalue weighted by Crippen LogP contribution is -2.53. The Morgan fingerprint density at radius 3 is 2.74 bits per heavy atom. The summed E-state index contributed by atoms with van der Waals surface area (Å²) >= 11 is 0. The van der Waals surface area contributed by atoms with Crippen LogP contribution in [0.3, 0.4) is 0 Å². The van der Waals surface area contributed by atoms with Gasteiger partial charge in [-0.25, -0.2) is 0 Å². The van der Waals surface area contributed by atoms with E-state index in [9.17, 15) is 9.59 Å². The molecule has 2 amide bonds. The van der Waals surface area contributed by atoms with Crippen LogP contribution in [-0.4, -0.2) is 48.9 Å². The molecule has 0 aromatic heterocycles. The molecule has 110 valence electrons. The number of amides is 2. The van der Waals surface area contributed by atoms with Crippen LogP contribution >= 0.6 is 0 Å². The number of carbonyl (C=O) groups is 2. The molecule has 1 heterocycles. The number of nitrogens with zero attached hydrogens (tertiary/aromatic N) is 1. The Kier molecular flexibility index (Phi) is 6.84. The van der Waals surface area contributed by atoms with Gasteiger partial charge in [0.15, 0.2) is 0 Å². The zero-order valence-electron chi connectivity index (χ0n) is 12.4. The quantitative estimate of drug-likeness (QED) is 0.753. The zero-order valence-corrected chi connectivity index (χ0v) is 12.4. The molecule has 2 N–H and O–H groups in total. The zero-order chi connectivity index (χ0) is 14.3. The molecular weight excluding hydrogens is 242 g/mol. The van der Waals surface area contributed by atoms with Gasteiger partial charge in [-0.1, -0.05) is 6.92 Å². The smallest absolute Gasteiger partial charge is 0.242 e. The third-order valence-electron chi connectivity index (χ3n) is 3.66. The van der Waals surface area contributed by atoms with Crippen molar-refractivity contribution in [2.75, 3.05) is 20.1 Å². The molecule has 0 aromatic rings. The van der Waals surface area contributed by atoms with Crippen molar-refractivity contribution in [3.8, 4) is 0 Å². The first-order chi connectivity index (χ1) is 9.10. The van der Waals surface area contributed by atoms with Gasteiger partial charge in [0.25, 0.3) is 0 Å². The van der Waals surface area contributed by atoms with Gasteiger partial charge in [0.2, 0.25) is 11.8 Å². The summed E-state index contributed by atoms with van der Waals surface area (Å²) in [6, 6.07) is -0.0239. The maximum Gasteiger partial charge on any atom is 0.242 e. The summed E-state index contributed by atoms with van der Waals surface area (Å²) in [5, 5.41) is 6.02. The van der Waals surface area contributed by atoms with Crippen molar-refractivity contribution in [2.24, 2.45) is 0 Å². The van der Waals surface area contributed by atoms with Crippen LogP contribution in [0.4, 0.5) is 0 Å². The van der Waals surface area contributed by atoms with Gasteiger partial charge in [0.05, 0.1) is 0 Å². The monoisotopic (exact) mass is 269 g/mol. The largest absolute Gasteiger partial charge is 0.353 e. The number of hydrogen-bond donors (Lipinski definition) is 2. The molecule has 19 heavy (non-hydrogen) atoms. The van der Waals surface area contributed by atoms with Crippen molar-refractivity contribution in [1.82, 2.24) is 15.5 Å². The van der Waals surface area contributed by atoms with Crippen molar-refractivity contribution in [2.45, 2.75) is 58.0 Å². The van der Waals surface area contributed by atoms with Crippen LogP contribution in [0, 0.1) is 0 Å². The van der Waals surface area contributed by atoms with Crippen LogP contribution in [0.1, 0.15) is 46.0 Å². The van der Waals surface area contributed by atoms with E-state index in [2.05, 4.69) is 10.6 Å². The normalized spacial score (nSPS) is 21.0. The summed E-state index contributed by atoms with van der Waals surface area (Å²) < 4.78 is 0. The molecule has 2 unspecified atom stereocenters. The molecule has 0 aliphatic carbocycles. The first-order valence-corrected chi connectivity index (χ1v) is 7.34. The molecule has 0 bridgehead atoms. The number of likely N-dealkylation sites (N-methyl/N-ethyl adjacent to an activating group) is 1. The van der Waals surface area contributed by atoms with Crippen molar-refractivity contribution in [3.63, 3.8) is 0 Å². The van der Waals surface area contributed by atoms with Crippen molar-refractivity contribution < 1.29 is 9.59 Å². The van der Waals surface area contributed by atoms with Gasteiger partial charge in [-0.05, 0) is 39.7 Å².